The van der Waals surface area contributed by atoms with Gasteiger partial charge in [-0.25, -0.2) is 4.39 Å². The smallest absolute Gasteiger partial charge is 0.387 e. The summed E-state index contributed by atoms with van der Waals surface area (Å²) in [6.07, 6.45) is 0.530. The van der Waals surface area contributed by atoms with E-state index in [9.17, 15) is 13.2 Å². The van der Waals surface area contributed by atoms with Crippen LogP contribution in [-0.4, -0.2) is 6.61 Å². The van der Waals surface area contributed by atoms with Crippen LogP contribution in [0.1, 0.15) is 25.0 Å². The van der Waals surface area contributed by atoms with Crippen LogP contribution in [0.25, 0.3) is 0 Å². The molecule has 0 amide bonds. The van der Waals surface area contributed by atoms with Gasteiger partial charge in [0, 0.05) is 0 Å². The van der Waals surface area contributed by atoms with Gasteiger partial charge in [0.25, 0.3) is 0 Å². The molecule has 0 bridgehead atoms. The van der Waals surface area contributed by atoms with Crippen molar-refractivity contribution in [2.24, 2.45) is 5.92 Å². The third-order valence-corrected chi connectivity index (χ3v) is 2.09. The number of rotatable bonds is 4. The van der Waals surface area contributed by atoms with E-state index in [2.05, 4.69) is 4.74 Å². The normalized spacial score (nSPS) is 10.7. The molecular formula is C12H12F3NO. The number of hydrogen-bond donors (Lipinski definition) is 0. The Hall–Kier alpha value is -1.70. The second kappa shape index (κ2) is 5.58. The molecule has 2 nitrogen and oxygen atoms in total. The van der Waals surface area contributed by atoms with Gasteiger partial charge in [-0.2, -0.15) is 14.0 Å². The first kappa shape index (κ1) is 13.4. The second-order valence-corrected chi connectivity index (χ2v) is 4.04. The third kappa shape index (κ3) is 3.66. The van der Waals surface area contributed by atoms with Gasteiger partial charge in [-0.05, 0) is 30.0 Å². The monoisotopic (exact) mass is 243 g/mol. The molecular weight excluding hydrogens is 231 g/mol. The highest BCUT2D eigenvalue weighted by Gasteiger charge is 2.16. The summed E-state index contributed by atoms with van der Waals surface area (Å²) in [5.74, 6) is -0.985. The van der Waals surface area contributed by atoms with E-state index in [-0.39, 0.29) is 5.92 Å². The first-order valence-electron chi connectivity index (χ1n) is 5.11. The molecule has 0 saturated carbocycles. The van der Waals surface area contributed by atoms with E-state index in [1.165, 1.54) is 18.2 Å². The van der Waals surface area contributed by atoms with Crippen molar-refractivity contribution in [1.29, 1.82) is 5.26 Å². The average Bonchev–Trinajstić information content (AvgIpc) is 2.14. The van der Waals surface area contributed by atoms with Crippen molar-refractivity contribution in [2.75, 3.05) is 0 Å². The molecule has 0 saturated heterocycles. The summed E-state index contributed by atoms with van der Waals surface area (Å²) >= 11 is 0. The molecule has 17 heavy (non-hydrogen) atoms. The molecule has 0 heterocycles. The minimum atomic E-state index is -3.07. The zero-order chi connectivity index (χ0) is 13.0. The topological polar surface area (TPSA) is 33.0 Å². The van der Waals surface area contributed by atoms with E-state index in [0.29, 0.717) is 12.0 Å². The van der Waals surface area contributed by atoms with Gasteiger partial charge in [0.15, 0.2) is 0 Å². The van der Waals surface area contributed by atoms with Gasteiger partial charge in [0.1, 0.15) is 23.2 Å². The van der Waals surface area contributed by atoms with E-state index >= 15 is 0 Å². The number of nitrogens with zero attached hydrogens (tertiary/aromatic N) is 1. The maximum absolute atomic E-state index is 13.5. The fourth-order valence-corrected chi connectivity index (χ4v) is 1.52. The lowest BCUT2D eigenvalue weighted by Crippen LogP contribution is -2.06. The van der Waals surface area contributed by atoms with Crippen LogP contribution in [0.3, 0.4) is 0 Å². The quantitative estimate of drug-likeness (QED) is 0.810. The number of halogens is 3. The van der Waals surface area contributed by atoms with E-state index in [1.807, 2.05) is 13.8 Å². The van der Waals surface area contributed by atoms with Crippen molar-refractivity contribution in [3.8, 4) is 11.8 Å². The fraction of sp³-hybridized carbons (Fsp3) is 0.417. The van der Waals surface area contributed by atoms with Crippen LogP contribution in [-0.2, 0) is 6.42 Å². The Morgan fingerprint density at radius 3 is 2.47 bits per heavy atom. The zero-order valence-electron chi connectivity index (χ0n) is 9.51. The molecule has 5 heteroatoms. The molecule has 0 aliphatic heterocycles. The average molecular weight is 243 g/mol. The Balaban J connectivity index is 3.15. The van der Waals surface area contributed by atoms with Gasteiger partial charge in [0.05, 0.1) is 0 Å². The van der Waals surface area contributed by atoms with E-state index in [0.717, 1.165) is 0 Å². The summed E-state index contributed by atoms with van der Waals surface area (Å²) in [6, 6.07) is 3.98. The highest BCUT2D eigenvalue weighted by molar-refractivity contribution is 5.46. The van der Waals surface area contributed by atoms with Crippen molar-refractivity contribution < 1.29 is 17.9 Å². The molecule has 0 unspecified atom stereocenters. The minimum Gasteiger partial charge on any atom is -0.433 e. The number of benzene rings is 1. The Bertz CT molecular complexity index is 438. The van der Waals surface area contributed by atoms with Crippen LogP contribution in [0.2, 0.25) is 0 Å². The van der Waals surface area contributed by atoms with Crippen molar-refractivity contribution in [3.05, 3.63) is 29.1 Å². The maximum Gasteiger partial charge on any atom is 0.387 e. The molecule has 0 aliphatic carbocycles. The van der Waals surface area contributed by atoms with Gasteiger partial charge in [-0.15, -0.1) is 0 Å². The van der Waals surface area contributed by atoms with Gasteiger partial charge in [0.2, 0.25) is 0 Å². The number of alkyl halides is 2. The molecule has 0 aromatic heterocycles. The predicted octanol–water partition coefficient (Wildman–Crippen LogP) is 3.50. The van der Waals surface area contributed by atoms with Crippen LogP contribution in [0.5, 0.6) is 5.75 Å². The summed E-state index contributed by atoms with van der Waals surface area (Å²) in [4.78, 5) is 0. The van der Waals surface area contributed by atoms with E-state index in [4.69, 9.17) is 5.26 Å². The van der Waals surface area contributed by atoms with Crippen LogP contribution >= 0.6 is 0 Å². The van der Waals surface area contributed by atoms with Crippen molar-refractivity contribution in [1.82, 2.24) is 0 Å². The standard InChI is InChI=1S/C12H12F3NO/c1-7(2)3-8-4-10(13)9(6-16)11(5-8)17-12(14)15/h4-5,7,12H,3H2,1-2H3. The lowest BCUT2D eigenvalue weighted by molar-refractivity contribution is -0.0502. The summed E-state index contributed by atoms with van der Waals surface area (Å²) < 4.78 is 41.8. The molecule has 0 atom stereocenters. The predicted molar refractivity (Wildman–Crippen MR) is 56.3 cm³/mol. The lowest BCUT2D eigenvalue weighted by Gasteiger charge is -2.11. The van der Waals surface area contributed by atoms with E-state index < -0.39 is 23.7 Å². The minimum absolute atomic E-state index is 0.252. The maximum atomic E-state index is 13.5. The van der Waals surface area contributed by atoms with Crippen molar-refractivity contribution in [3.63, 3.8) is 0 Å². The molecule has 0 spiro atoms. The molecule has 0 radical (unpaired) electrons. The fourth-order valence-electron chi connectivity index (χ4n) is 1.52. The third-order valence-electron chi connectivity index (χ3n) is 2.09. The van der Waals surface area contributed by atoms with Crippen molar-refractivity contribution in [2.45, 2.75) is 26.9 Å². The molecule has 92 valence electrons. The van der Waals surface area contributed by atoms with Crippen LogP contribution in [0, 0.1) is 23.1 Å². The van der Waals surface area contributed by atoms with Crippen LogP contribution in [0.4, 0.5) is 13.2 Å². The second-order valence-electron chi connectivity index (χ2n) is 4.04. The molecule has 0 fully saturated rings. The Kier molecular flexibility index (Phi) is 4.38. The zero-order valence-corrected chi connectivity index (χ0v) is 9.51. The lowest BCUT2D eigenvalue weighted by atomic mass is 10.0. The SMILES string of the molecule is CC(C)Cc1cc(F)c(C#N)c(OC(F)F)c1. The summed E-state index contributed by atoms with van der Waals surface area (Å²) in [6.45, 7) is 0.767. The largest absolute Gasteiger partial charge is 0.433 e. The van der Waals surface area contributed by atoms with Gasteiger partial charge in [-0.1, -0.05) is 13.8 Å². The van der Waals surface area contributed by atoms with Crippen molar-refractivity contribution >= 4 is 0 Å². The molecule has 1 aromatic rings. The highest BCUT2D eigenvalue weighted by Crippen LogP contribution is 2.26. The molecule has 1 aromatic carbocycles. The van der Waals surface area contributed by atoms with Gasteiger partial charge in [-0.3, -0.25) is 0 Å². The Labute approximate surface area is 97.6 Å². The Morgan fingerprint density at radius 2 is 2.00 bits per heavy atom. The summed E-state index contributed by atoms with van der Waals surface area (Å²) in [5, 5.41) is 8.67. The van der Waals surface area contributed by atoms with E-state index in [1.54, 1.807) is 0 Å². The molecule has 0 N–H and O–H groups in total. The number of nitriles is 1. The number of ether oxygens (including phenoxy) is 1. The van der Waals surface area contributed by atoms with Crippen LogP contribution < -0.4 is 4.74 Å². The van der Waals surface area contributed by atoms with Gasteiger partial charge < -0.3 is 4.74 Å². The first-order chi connectivity index (χ1) is 7.93. The van der Waals surface area contributed by atoms with Crippen LogP contribution in [0.15, 0.2) is 12.1 Å². The van der Waals surface area contributed by atoms with Gasteiger partial charge >= 0.3 is 6.61 Å². The highest BCUT2D eigenvalue weighted by atomic mass is 19.3. The summed E-state index contributed by atoms with van der Waals surface area (Å²) in [5.41, 5.74) is 0.0463. The first-order valence-corrected chi connectivity index (χ1v) is 5.11. The number of hydrogen-bond acceptors (Lipinski definition) is 2. The molecule has 1 rings (SSSR count). The Morgan fingerprint density at radius 1 is 1.35 bits per heavy atom. The summed E-state index contributed by atoms with van der Waals surface area (Å²) in [7, 11) is 0. The molecule has 0 aliphatic rings.